The van der Waals surface area contributed by atoms with Gasteiger partial charge < -0.3 is 14.8 Å². The van der Waals surface area contributed by atoms with Crippen molar-refractivity contribution in [3.8, 4) is 11.5 Å². The van der Waals surface area contributed by atoms with E-state index in [1.54, 1.807) is 14.2 Å². The first-order chi connectivity index (χ1) is 14.6. The van der Waals surface area contributed by atoms with Crippen LogP contribution >= 0.6 is 11.6 Å². The number of piperidine rings is 1. The molecular formula is C24H31ClN2O3. The van der Waals surface area contributed by atoms with Crippen molar-refractivity contribution in [2.45, 2.75) is 38.8 Å². The van der Waals surface area contributed by atoms with E-state index in [-0.39, 0.29) is 5.91 Å². The number of carbonyl (C=O) groups excluding carboxylic acids is 1. The first kappa shape index (κ1) is 22.4. The zero-order valence-corrected chi connectivity index (χ0v) is 18.6. The van der Waals surface area contributed by atoms with E-state index in [0.29, 0.717) is 18.9 Å². The van der Waals surface area contributed by atoms with E-state index in [9.17, 15) is 4.79 Å². The maximum absolute atomic E-state index is 12.4. The molecule has 3 rings (SSSR count). The molecule has 0 saturated carbocycles. The van der Waals surface area contributed by atoms with Gasteiger partial charge in [0.2, 0.25) is 5.91 Å². The molecule has 0 radical (unpaired) electrons. The highest BCUT2D eigenvalue weighted by molar-refractivity contribution is 6.31. The Balaban J connectivity index is 1.44. The maximum atomic E-state index is 12.4. The Kier molecular flexibility index (Phi) is 8.40. The Morgan fingerprint density at radius 3 is 2.77 bits per heavy atom. The lowest BCUT2D eigenvalue weighted by Gasteiger charge is -2.33. The number of carbonyl (C=O) groups is 1. The van der Waals surface area contributed by atoms with E-state index >= 15 is 0 Å². The van der Waals surface area contributed by atoms with Crippen LogP contribution in [0.15, 0.2) is 42.5 Å². The topological polar surface area (TPSA) is 50.8 Å². The molecule has 1 heterocycles. The van der Waals surface area contributed by atoms with Crippen LogP contribution in [0.1, 0.15) is 36.8 Å². The summed E-state index contributed by atoms with van der Waals surface area (Å²) in [6.45, 7) is 3.44. The van der Waals surface area contributed by atoms with E-state index in [1.807, 2.05) is 36.4 Å². The third kappa shape index (κ3) is 6.38. The van der Waals surface area contributed by atoms with Gasteiger partial charge in [0, 0.05) is 42.7 Å². The fraction of sp³-hybridized carbons (Fsp3) is 0.458. The van der Waals surface area contributed by atoms with Crippen LogP contribution in [-0.2, 0) is 17.9 Å². The number of ether oxygens (including phenoxy) is 2. The Labute approximate surface area is 184 Å². The van der Waals surface area contributed by atoms with E-state index in [0.717, 1.165) is 48.1 Å². The minimum absolute atomic E-state index is 0.0797. The molecule has 1 aliphatic rings. The van der Waals surface area contributed by atoms with Crippen LogP contribution in [0, 0.1) is 5.92 Å². The Morgan fingerprint density at radius 2 is 2.00 bits per heavy atom. The van der Waals surface area contributed by atoms with Gasteiger partial charge in [-0.25, -0.2) is 0 Å². The zero-order chi connectivity index (χ0) is 21.3. The van der Waals surface area contributed by atoms with Crippen molar-refractivity contribution in [3.05, 3.63) is 58.6 Å². The lowest BCUT2D eigenvalue weighted by Crippen LogP contribution is -2.35. The van der Waals surface area contributed by atoms with Crippen LogP contribution in [0.4, 0.5) is 0 Å². The number of nitrogens with one attached hydrogen (secondary N) is 1. The summed E-state index contributed by atoms with van der Waals surface area (Å²) < 4.78 is 10.6. The van der Waals surface area contributed by atoms with Gasteiger partial charge in [-0.1, -0.05) is 29.8 Å². The van der Waals surface area contributed by atoms with Crippen LogP contribution in [0.25, 0.3) is 0 Å². The molecular weight excluding hydrogens is 400 g/mol. The number of hydrogen-bond acceptors (Lipinski definition) is 4. The summed E-state index contributed by atoms with van der Waals surface area (Å²) in [5, 5.41) is 3.85. The number of halogens is 1. The van der Waals surface area contributed by atoms with Crippen molar-refractivity contribution in [2.24, 2.45) is 5.92 Å². The predicted molar refractivity (Wildman–Crippen MR) is 120 cm³/mol. The Hall–Kier alpha value is -2.24. The van der Waals surface area contributed by atoms with Gasteiger partial charge in [-0.2, -0.15) is 0 Å². The van der Waals surface area contributed by atoms with Crippen LogP contribution in [0.3, 0.4) is 0 Å². The van der Waals surface area contributed by atoms with Crippen molar-refractivity contribution in [1.29, 1.82) is 0 Å². The second-order valence-electron chi connectivity index (χ2n) is 7.83. The second kappa shape index (κ2) is 11.2. The number of hydrogen-bond donors (Lipinski definition) is 1. The van der Waals surface area contributed by atoms with E-state index < -0.39 is 0 Å². The minimum atomic E-state index is 0.0797. The monoisotopic (exact) mass is 430 g/mol. The van der Waals surface area contributed by atoms with Crippen molar-refractivity contribution in [1.82, 2.24) is 10.2 Å². The third-order valence-corrected chi connectivity index (χ3v) is 6.07. The van der Waals surface area contributed by atoms with Crippen LogP contribution in [-0.4, -0.2) is 38.1 Å². The molecule has 1 N–H and O–H groups in total. The molecule has 6 heteroatoms. The fourth-order valence-corrected chi connectivity index (χ4v) is 4.21. The minimum Gasteiger partial charge on any atom is -0.497 e. The van der Waals surface area contributed by atoms with Crippen molar-refractivity contribution >= 4 is 17.5 Å². The van der Waals surface area contributed by atoms with Gasteiger partial charge in [0.25, 0.3) is 0 Å². The smallest absolute Gasteiger partial charge is 0.220 e. The molecule has 0 bridgehead atoms. The van der Waals surface area contributed by atoms with Gasteiger partial charge in [0.15, 0.2) is 0 Å². The molecule has 1 fully saturated rings. The summed E-state index contributed by atoms with van der Waals surface area (Å²) in [6.07, 6.45) is 3.80. The SMILES string of the molecule is COc1ccc(CNC(=O)CC[C@@H]2CCCN(Cc3ccccc3Cl)C2)c(OC)c1. The summed E-state index contributed by atoms with van der Waals surface area (Å²) in [6, 6.07) is 13.7. The molecule has 1 atom stereocenters. The molecule has 0 aliphatic carbocycles. The molecule has 1 aliphatic heterocycles. The van der Waals surface area contributed by atoms with Gasteiger partial charge in [-0.05, 0) is 55.5 Å². The third-order valence-electron chi connectivity index (χ3n) is 5.70. The molecule has 2 aromatic rings. The molecule has 162 valence electrons. The van der Waals surface area contributed by atoms with Crippen LogP contribution in [0.5, 0.6) is 11.5 Å². The van der Waals surface area contributed by atoms with Gasteiger partial charge in [-0.3, -0.25) is 9.69 Å². The maximum Gasteiger partial charge on any atom is 0.220 e. The second-order valence-corrected chi connectivity index (χ2v) is 8.24. The molecule has 1 saturated heterocycles. The molecule has 1 amide bonds. The first-order valence-electron chi connectivity index (χ1n) is 10.5. The summed E-state index contributed by atoms with van der Waals surface area (Å²) in [7, 11) is 3.24. The fourth-order valence-electron chi connectivity index (χ4n) is 4.01. The van der Waals surface area contributed by atoms with Gasteiger partial charge in [0.05, 0.1) is 14.2 Å². The number of likely N-dealkylation sites (tertiary alicyclic amines) is 1. The summed E-state index contributed by atoms with van der Waals surface area (Å²) >= 11 is 6.31. The van der Waals surface area contributed by atoms with Gasteiger partial charge >= 0.3 is 0 Å². The van der Waals surface area contributed by atoms with E-state index in [1.165, 1.54) is 18.4 Å². The predicted octanol–water partition coefficient (Wildman–Crippen LogP) is 4.67. The standard InChI is InChI=1S/C24H31ClN2O3/c1-29-21-11-10-19(23(14-21)30-2)15-26-24(28)12-9-18-6-5-13-27(16-18)17-20-7-3-4-8-22(20)25/h3-4,7-8,10-11,14,18H,5-6,9,12-13,15-17H2,1-2H3,(H,26,28)/t18-/m0/s1. The molecule has 0 unspecified atom stereocenters. The van der Waals surface area contributed by atoms with Gasteiger partial charge in [0.1, 0.15) is 11.5 Å². The number of methoxy groups -OCH3 is 2. The van der Waals surface area contributed by atoms with Crippen LogP contribution in [0.2, 0.25) is 5.02 Å². The molecule has 2 aromatic carbocycles. The average molecular weight is 431 g/mol. The highest BCUT2D eigenvalue weighted by Crippen LogP contribution is 2.26. The lowest BCUT2D eigenvalue weighted by atomic mass is 9.93. The van der Waals surface area contributed by atoms with Crippen molar-refractivity contribution in [3.63, 3.8) is 0 Å². The van der Waals surface area contributed by atoms with Crippen molar-refractivity contribution < 1.29 is 14.3 Å². The highest BCUT2D eigenvalue weighted by atomic mass is 35.5. The highest BCUT2D eigenvalue weighted by Gasteiger charge is 2.21. The molecule has 0 aromatic heterocycles. The number of amides is 1. The number of rotatable bonds is 9. The van der Waals surface area contributed by atoms with Crippen LogP contribution < -0.4 is 14.8 Å². The van der Waals surface area contributed by atoms with E-state index in [2.05, 4.69) is 16.3 Å². The lowest BCUT2D eigenvalue weighted by molar-refractivity contribution is -0.121. The molecule has 0 spiro atoms. The zero-order valence-electron chi connectivity index (χ0n) is 17.8. The normalized spacial score (nSPS) is 16.8. The number of benzene rings is 2. The van der Waals surface area contributed by atoms with Crippen molar-refractivity contribution in [2.75, 3.05) is 27.3 Å². The summed E-state index contributed by atoms with van der Waals surface area (Å²) in [5.41, 5.74) is 2.11. The summed E-state index contributed by atoms with van der Waals surface area (Å²) in [4.78, 5) is 14.8. The Bertz CT molecular complexity index is 843. The Morgan fingerprint density at radius 1 is 1.17 bits per heavy atom. The molecule has 5 nitrogen and oxygen atoms in total. The molecule has 30 heavy (non-hydrogen) atoms. The van der Waals surface area contributed by atoms with Gasteiger partial charge in [-0.15, -0.1) is 0 Å². The summed E-state index contributed by atoms with van der Waals surface area (Å²) in [5.74, 6) is 2.08. The first-order valence-corrected chi connectivity index (χ1v) is 10.9. The quantitative estimate of drug-likeness (QED) is 0.628. The van der Waals surface area contributed by atoms with E-state index in [4.69, 9.17) is 21.1 Å². The average Bonchev–Trinajstić information content (AvgIpc) is 2.78. The number of nitrogens with zero attached hydrogens (tertiary/aromatic N) is 1. The largest absolute Gasteiger partial charge is 0.497 e.